The Balaban J connectivity index is 0.000000326. The van der Waals surface area contributed by atoms with Crippen molar-refractivity contribution in [3.05, 3.63) is 167 Å². The average Bonchev–Trinajstić information content (AvgIpc) is 3.64. The number of halogens is 1. The van der Waals surface area contributed by atoms with Gasteiger partial charge in [-0.25, -0.2) is 0 Å². The molecule has 1 radical (unpaired) electrons. The van der Waals surface area contributed by atoms with Crippen molar-refractivity contribution in [2.45, 2.75) is 92.3 Å². The van der Waals surface area contributed by atoms with Crippen LogP contribution in [0, 0.1) is 36.1 Å². The van der Waals surface area contributed by atoms with E-state index in [-0.39, 0.29) is 48.0 Å². The van der Waals surface area contributed by atoms with E-state index in [1.165, 1.54) is 46.0 Å². The Morgan fingerprint density at radius 1 is 0.754 bits per heavy atom. The molecule has 61 heavy (non-hydrogen) atoms. The summed E-state index contributed by atoms with van der Waals surface area (Å²) in [6.07, 6.45) is 3.61. The Hall–Kier alpha value is -5.73. The van der Waals surface area contributed by atoms with Crippen molar-refractivity contribution in [3.8, 4) is 50.8 Å². The predicted octanol–water partition coefficient (Wildman–Crippen LogP) is 15.3. The molecule has 3 heterocycles. The zero-order chi connectivity index (χ0) is 46.3. The molecular formula is C55H52FIrN3O-2. The van der Waals surface area contributed by atoms with Gasteiger partial charge in [0.15, 0.2) is 0 Å². The molecule has 0 amide bonds. The second-order valence-electron chi connectivity index (χ2n) is 17.1. The SMILES string of the molecule is CC(C)(C)c1ccc(-c2[c-]cc(F)cc2)nc1.[2H]C([2H])([2H])c1c(C#N)ccc2c1oc1c(-c3cc(-c4ccc(-c5c(C(C)C)cccc5C(C)C)cc4)ccn3)[c-]cc(C([2H])(C)C)c12.[Ir]. The molecule has 8 aromatic rings. The second-order valence-corrected chi connectivity index (χ2v) is 17.1. The van der Waals surface area contributed by atoms with E-state index in [2.05, 4.69) is 119 Å². The molecule has 0 atom stereocenters. The van der Waals surface area contributed by atoms with Gasteiger partial charge in [-0.05, 0) is 86.6 Å². The third-order valence-corrected chi connectivity index (χ3v) is 11.0. The third-order valence-electron chi connectivity index (χ3n) is 11.0. The standard InChI is InChI=1S/C40H37N2O.C15H15FN.Ir/c1-23(2)31-9-8-10-32(24(3)4)37(31)28-13-11-27(12-14-28)29-19-20-42-36(21-29)34-18-17-33(25(5)6)38-35-16-15-30(22-41)26(7)39(35)43-40(34)38;1-15(2,3)12-6-9-14(17-10-12)11-4-7-13(16)8-5-11;/h8-17,19-21,23-25H,1-7H3;4,6-10H,1-3H3;/q2*-1;/i7D3,25D;;. The number of nitrogens with zero attached hydrogens (tertiary/aromatic N) is 3. The monoisotopic (exact) mass is 986 g/mol. The van der Waals surface area contributed by atoms with Crippen LogP contribution in [0.2, 0.25) is 0 Å². The molecule has 0 aliphatic heterocycles. The van der Waals surface area contributed by atoms with Gasteiger partial charge in [0.25, 0.3) is 0 Å². The van der Waals surface area contributed by atoms with Crippen LogP contribution in [-0.2, 0) is 25.5 Å². The zero-order valence-electron chi connectivity index (χ0n) is 40.1. The van der Waals surface area contributed by atoms with Crippen LogP contribution in [0.4, 0.5) is 4.39 Å². The summed E-state index contributed by atoms with van der Waals surface area (Å²) in [6.45, 7) is 16.3. The van der Waals surface area contributed by atoms with Gasteiger partial charge in [-0.2, -0.15) is 5.26 Å². The Morgan fingerprint density at radius 3 is 2.03 bits per heavy atom. The van der Waals surface area contributed by atoms with Gasteiger partial charge in [0.1, 0.15) is 5.58 Å². The van der Waals surface area contributed by atoms with E-state index >= 15 is 0 Å². The van der Waals surface area contributed by atoms with E-state index in [1.54, 1.807) is 38.2 Å². The van der Waals surface area contributed by atoms with Crippen molar-refractivity contribution < 1.29 is 34.4 Å². The van der Waals surface area contributed by atoms with E-state index in [4.69, 9.17) is 9.90 Å². The first kappa shape index (κ1) is 39.4. The minimum absolute atomic E-state index is 0. The Labute approximate surface area is 379 Å². The van der Waals surface area contributed by atoms with Gasteiger partial charge in [-0.1, -0.05) is 146 Å². The minimum atomic E-state index is -2.57. The molecule has 0 aliphatic rings. The second kappa shape index (κ2) is 18.5. The van der Waals surface area contributed by atoms with Crippen LogP contribution in [0.3, 0.4) is 0 Å². The van der Waals surface area contributed by atoms with Crippen LogP contribution < -0.4 is 0 Å². The molecule has 0 N–H and O–H groups in total. The number of hydrogen-bond acceptors (Lipinski definition) is 4. The molecule has 6 heteroatoms. The van der Waals surface area contributed by atoms with Crippen LogP contribution in [0.15, 0.2) is 120 Å². The number of hydrogen-bond donors (Lipinski definition) is 0. The molecule has 0 fully saturated rings. The number of fused-ring (bicyclic) bond motifs is 3. The summed E-state index contributed by atoms with van der Waals surface area (Å²) in [5.74, 6) is -0.516. The Bertz CT molecular complexity index is 2980. The molecule has 5 aromatic carbocycles. The molecule has 3 aromatic heterocycles. The molecule has 8 rings (SSSR count). The van der Waals surface area contributed by atoms with Crippen molar-refractivity contribution in [1.82, 2.24) is 9.97 Å². The summed E-state index contributed by atoms with van der Waals surface area (Å²) in [5, 5.41) is 10.9. The number of nitriles is 1. The molecular weight excluding hydrogens is 930 g/mol. The summed E-state index contributed by atoms with van der Waals surface area (Å²) in [5.41, 5.74) is 12.3. The van der Waals surface area contributed by atoms with Gasteiger partial charge in [0.2, 0.25) is 0 Å². The summed E-state index contributed by atoms with van der Waals surface area (Å²) in [6, 6.07) is 40.8. The minimum Gasteiger partial charge on any atom is -0.500 e. The van der Waals surface area contributed by atoms with Crippen LogP contribution in [0.5, 0.6) is 0 Å². The number of benzene rings is 5. The first-order valence-electron chi connectivity index (χ1n) is 22.4. The van der Waals surface area contributed by atoms with Crippen LogP contribution in [0.1, 0.15) is 119 Å². The Kier molecular flexibility index (Phi) is 11.9. The van der Waals surface area contributed by atoms with E-state index in [0.29, 0.717) is 45.0 Å². The van der Waals surface area contributed by atoms with E-state index in [0.717, 1.165) is 22.4 Å². The number of furan rings is 1. The molecule has 4 nitrogen and oxygen atoms in total. The Morgan fingerprint density at radius 2 is 1.46 bits per heavy atom. The maximum absolute atomic E-state index is 12.8. The van der Waals surface area contributed by atoms with E-state index in [9.17, 15) is 9.65 Å². The van der Waals surface area contributed by atoms with Crippen LogP contribution in [0.25, 0.3) is 66.7 Å². The molecule has 311 valence electrons. The first-order valence-corrected chi connectivity index (χ1v) is 20.4. The molecule has 0 saturated carbocycles. The quantitative estimate of drug-likeness (QED) is 0.149. The maximum Gasteiger partial charge on any atom is 0.125 e. The van der Waals surface area contributed by atoms with Crippen LogP contribution in [-0.4, -0.2) is 9.97 Å². The van der Waals surface area contributed by atoms with Gasteiger partial charge in [-0.15, -0.1) is 47.5 Å². The van der Waals surface area contributed by atoms with Crippen molar-refractivity contribution in [1.29, 1.82) is 5.26 Å². The summed E-state index contributed by atoms with van der Waals surface area (Å²) in [4.78, 5) is 9.07. The van der Waals surface area contributed by atoms with Gasteiger partial charge in [0, 0.05) is 54.7 Å². The fourth-order valence-corrected chi connectivity index (χ4v) is 7.59. The molecule has 0 spiro atoms. The van der Waals surface area contributed by atoms with E-state index in [1.807, 2.05) is 30.5 Å². The van der Waals surface area contributed by atoms with E-state index < -0.39 is 12.7 Å². The third kappa shape index (κ3) is 9.30. The average molecular weight is 986 g/mol. The number of aromatic nitrogens is 2. The molecule has 0 unspecified atom stereocenters. The maximum atomic E-state index is 12.8. The fourth-order valence-electron chi connectivity index (χ4n) is 7.59. The van der Waals surface area contributed by atoms with Gasteiger partial charge >= 0.3 is 0 Å². The molecule has 0 saturated heterocycles. The van der Waals surface area contributed by atoms with Crippen molar-refractivity contribution in [2.24, 2.45) is 0 Å². The number of aryl methyl sites for hydroxylation is 1. The fraction of sp³-hybridized carbons (Fsp3) is 0.255. The van der Waals surface area contributed by atoms with Gasteiger partial charge in [-0.3, -0.25) is 4.39 Å². The van der Waals surface area contributed by atoms with Gasteiger partial charge in [0.05, 0.1) is 17.2 Å². The smallest absolute Gasteiger partial charge is 0.125 e. The summed E-state index contributed by atoms with van der Waals surface area (Å²) in [7, 11) is 0. The number of rotatable bonds is 7. The normalized spacial score (nSPS) is 12.8. The number of pyridine rings is 2. The van der Waals surface area contributed by atoms with Crippen molar-refractivity contribution in [2.75, 3.05) is 0 Å². The van der Waals surface area contributed by atoms with Gasteiger partial charge < -0.3 is 14.4 Å². The summed E-state index contributed by atoms with van der Waals surface area (Å²) < 4.78 is 52.6. The van der Waals surface area contributed by atoms with Crippen LogP contribution >= 0.6 is 0 Å². The largest absolute Gasteiger partial charge is 0.500 e. The first-order chi connectivity index (χ1) is 30.2. The summed E-state index contributed by atoms with van der Waals surface area (Å²) >= 11 is 0. The molecule has 0 bridgehead atoms. The topological polar surface area (TPSA) is 62.7 Å². The van der Waals surface area contributed by atoms with Crippen molar-refractivity contribution in [3.63, 3.8) is 0 Å². The van der Waals surface area contributed by atoms with Crippen molar-refractivity contribution >= 4 is 21.9 Å². The predicted molar refractivity (Wildman–Crippen MR) is 246 cm³/mol. The zero-order valence-corrected chi connectivity index (χ0v) is 38.5. The molecule has 0 aliphatic carbocycles.